The Balaban J connectivity index is 2.20. The minimum absolute atomic E-state index is 0.0103. The van der Waals surface area contributed by atoms with Crippen molar-refractivity contribution in [1.82, 2.24) is 8.61 Å². The number of hydrogen-bond donors (Lipinski definition) is 0. The van der Waals surface area contributed by atoms with Crippen molar-refractivity contribution < 1.29 is 21.2 Å². The highest BCUT2D eigenvalue weighted by atomic mass is 35.5. The fourth-order valence-electron chi connectivity index (χ4n) is 2.19. The number of piperazine rings is 1. The van der Waals surface area contributed by atoms with Gasteiger partial charge in [-0.3, -0.25) is 0 Å². The molecule has 22 heavy (non-hydrogen) atoms. The number of benzene rings is 1. The van der Waals surface area contributed by atoms with Crippen LogP contribution in [0.1, 0.15) is 6.92 Å². The SMILES string of the molecule is CCS(=O)(=O)N1CCN(S(=O)(=O)c2ccc(Cl)cc2F)CC1. The molecule has 10 heteroatoms. The van der Waals surface area contributed by atoms with Crippen molar-refractivity contribution in [3.8, 4) is 0 Å². The van der Waals surface area contributed by atoms with Gasteiger partial charge in [-0.25, -0.2) is 21.2 Å². The van der Waals surface area contributed by atoms with Gasteiger partial charge in [-0.05, 0) is 25.1 Å². The minimum Gasteiger partial charge on any atom is -0.212 e. The summed E-state index contributed by atoms with van der Waals surface area (Å²) in [6.07, 6.45) is 0. The van der Waals surface area contributed by atoms with E-state index in [1.807, 2.05) is 0 Å². The monoisotopic (exact) mass is 370 g/mol. The summed E-state index contributed by atoms with van der Waals surface area (Å²) in [5.74, 6) is -0.956. The second-order valence-corrected chi connectivity index (χ2v) is 9.38. The van der Waals surface area contributed by atoms with E-state index in [2.05, 4.69) is 0 Å². The summed E-state index contributed by atoms with van der Waals surface area (Å²) in [6, 6.07) is 3.35. The molecule has 1 aliphatic rings. The topological polar surface area (TPSA) is 74.8 Å². The molecule has 0 bridgehead atoms. The molecule has 0 aromatic heterocycles. The highest BCUT2D eigenvalue weighted by Crippen LogP contribution is 2.23. The van der Waals surface area contributed by atoms with Crippen LogP contribution in [0.15, 0.2) is 23.1 Å². The first-order chi connectivity index (χ1) is 10.2. The number of halogens is 2. The van der Waals surface area contributed by atoms with Crippen LogP contribution in [0.3, 0.4) is 0 Å². The maximum Gasteiger partial charge on any atom is 0.246 e. The summed E-state index contributed by atoms with van der Waals surface area (Å²) in [4.78, 5) is -0.455. The molecule has 0 amide bonds. The first-order valence-electron chi connectivity index (χ1n) is 6.61. The van der Waals surface area contributed by atoms with Crippen molar-refractivity contribution in [2.24, 2.45) is 0 Å². The zero-order valence-electron chi connectivity index (χ0n) is 11.9. The van der Waals surface area contributed by atoms with Crippen LogP contribution in [0.2, 0.25) is 5.02 Å². The molecule has 0 spiro atoms. The van der Waals surface area contributed by atoms with Gasteiger partial charge in [0, 0.05) is 31.2 Å². The first-order valence-corrected chi connectivity index (χ1v) is 10.0. The maximum atomic E-state index is 13.8. The maximum absolute atomic E-state index is 13.8. The van der Waals surface area contributed by atoms with Gasteiger partial charge in [0.15, 0.2) is 0 Å². The van der Waals surface area contributed by atoms with E-state index in [-0.39, 0.29) is 37.0 Å². The van der Waals surface area contributed by atoms with Crippen LogP contribution in [0, 0.1) is 5.82 Å². The van der Waals surface area contributed by atoms with Crippen LogP contribution in [-0.4, -0.2) is 57.4 Å². The van der Waals surface area contributed by atoms with Crippen molar-refractivity contribution in [2.45, 2.75) is 11.8 Å². The molecule has 0 unspecified atom stereocenters. The number of rotatable bonds is 4. The molecule has 0 aliphatic carbocycles. The Kier molecular flexibility index (Phi) is 5.13. The highest BCUT2D eigenvalue weighted by molar-refractivity contribution is 7.89. The molecule has 124 valence electrons. The van der Waals surface area contributed by atoms with Gasteiger partial charge in [-0.15, -0.1) is 0 Å². The Morgan fingerprint density at radius 2 is 1.64 bits per heavy atom. The molecule has 1 fully saturated rings. The van der Waals surface area contributed by atoms with Crippen LogP contribution in [-0.2, 0) is 20.0 Å². The fourth-order valence-corrected chi connectivity index (χ4v) is 4.91. The molecule has 0 N–H and O–H groups in total. The zero-order chi connectivity index (χ0) is 16.5. The molecule has 1 heterocycles. The summed E-state index contributed by atoms with van der Waals surface area (Å²) in [6.45, 7) is 1.63. The number of sulfonamides is 2. The fraction of sp³-hybridized carbons (Fsp3) is 0.500. The molecule has 1 saturated heterocycles. The summed E-state index contributed by atoms with van der Waals surface area (Å²) in [5, 5.41) is 0.107. The Morgan fingerprint density at radius 3 is 2.14 bits per heavy atom. The Labute approximate surface area is 134 Å². The van der Waals surface area contributed by atoms with E-state index in [0.717, 1.165) is 16.4 Å². The normalized spacial score (nSPS) is 18.5. The average Bonchev–Trinajstić information content (AvgIpc) is 2.47. The van der Waals surface area contributed by atoms with E-state index >= 15 is 0 Å². The van der Waals surface area contributed by atoms with Crippen LogP contribution in [0.5, 0.6) is 0 Å². The standard InChI is InChI=1S/C12H16ClFN2O4S2/c1-2-21(17,18)15-5-7-16(8-6-15)22(19,20)12-4-3-10(13)9-11(12)14/h3-4,9H,2,5-8H2,1H3. The van der Waals surface area contributed by atoms with Crippen molar-refractivity contribution in [1.29, 1.82) is 0 Å². The lowest BCUT2D eigenvalue weighted by Gasteiger charge is -2.33. The van der Waals surface area contributed by atoms with Gasteiger partial charge < -0.3 is 0 Å². The smallest absolute Gasteiger partial charge is 0.212 e. The highest BCUT2D eigenvalue weighted by Gasteiger charge is 2.33. The van der Waals surface area contributed by atoms with Gasteiger partial charge >= 0.3 is 0 Å². The van der Waals surface area contributed by atoms with Gasteiger partial charge in [-0.1, -0.05) is 11.6 Å². The van der Waals surface area contributed by atoms with Gasteiger partial charge in [0.1, 0.15) is 10.7 Å². The van der Waals surface area contributed by atoms with Gasteiger partial charge in [0.2, 0.25) is 20.0 Å². The van der Waals surface area contributed by atoms with Crippen molar-refractivity contribution >= 4 is 31.6 Å². The third-order valence-corrected chi connectivity index (χ3v) is 7.52. The molecule has 0 atom stereocenters. The predicted octanol–water partition coefficient (Wildman–Crippen LogP) is 1.14. The Hall–Kier alpha value is -0.740. The van der Waals surface area contributed by atoms with Crippen LogP contribution in [0.25, 0.3) is 0 Å². The summed E-state index contributed by atoms with van der Waals surface area (Å²) >= 11 is 5.62. The first kappa shape index (κ1) is 17.6. The molecule has 0 saturated carbocycles. The largest absolute Gasteiger partial charge is 0.246 e. The number of nitrogens with zero attached hydrogens (tertiary/aromatic N) is 2. The zero-order valence-corrected chi connectivity index (χ0v) is 14.3. The summed E-state index contributed by atoms with van der Waals surface area (Å²) in [5.41, 5.74) is 0. The Bertz CT molecular complexity index is 759. The molecule has 0 radical (unpaired) electrons. The minimum atomic E-state index is -4.01. The second kappa shape index (κ2) is 6.40. The molecule has 1 aromatic rings. The third-order valence-electron chi connectivity index (χ3n) is 3.47. The Morgan fingerprint density at radius 1 is 1.09 bits per heavy atom. The summed E-state index contributed by atoms with van der Waals surface area (Å²) in [7, 11) is -7.36. The average molecular weight is 371 g/mol. The lowest BCUT2D eigenvalue weighted by molar-refractivity contribution is 0.272. The van der Waals surface area contributed by atoms with Gasteiger partial charge in [0.05, 0.1) is 5.75 Å². The van der Waals surface area contributed by atoms with E-state index in [4.69, 9.17) is 11.6 Å². The molecule has 1 aromatic carbocycles. The molecule has 6 nitrogen and oxygen atoms in total. The van der Waals surface area contributed by atoms with Gasteiger partial charge in [0.25, 0.3) is 0 Å². The van der Waals surface area contributed by atoms with E-state index in [1.54, 1.807) is 0 Å². The molecular weight excluding hydrogens is 355 g/mol. The molecular formula is C12H16ClFN2O4S2. The van der Waals surface area contributed by atoms with E-state index in [9.17, 15) is 21.2 Å². The molecule has 1 aliphatic heterocycles. The van der Waals surface area contributed by atoms with E-state index in [0.29, 0.717) is 0 Å². The van der Waals surface area contributed by atoms with E-state index < -0.39 is 30.8 Å². The molecule has 2 rings (SSSR count). The third kappa shape index (κ3) is 3.43. The number of hydrogen-bond acceptors (Lipinski definition) is 4. The lowest BCUT2D eigenvalue weighted by atomic mass is 10.3. The van der Waals surface area contributed by atoms with Crippen molar-refractivity contribution in [3.05, 3.63) is 29.0 Å². The van der Waals surface area contributed by atoms with Crippen molar-refractivity contribution in [2.75, 3.05) is 31.9 Å². The van der Waals surface area contributed by atoms with Crippen LogP contribution >= 0.6 is 11.6 Å². The lowest BCUT2D eigenvalue weighted by Crippen LogP contribution is -2.50. The van der Waals surface area contributed by atoms with Gasteiger partial charge in [-0.2, -0.15) is 8.61 Å². The quantitative estimate of drug-likeness (QED) is 0.796. The predicted molar refractivity (Wildman–Crippen MR) is 81.2 cm³/mol. The van der Waals surface area contributed by atoms with Crippen molar-refractivity contribution in [3.63, 3.8) is 0 Å². The van der Waals surface area contributed by atoms with Crippen LogP contribution in [0.4, 0.5) is 4.39 Å². The van der Waals surface area contributed by atoms with Crippen LogP contribution < -0.4 is 0 Å². The second-order valence-electron chi connectivity index (χ2n) is 4.78. The summed E-state index contributed by atoms with van der Waals surface area (Å²) < 4.78 is 64.5. The van der Waals surface area contributed by atoms with E-state index in [1.165, 1.54) is 17.3 Å².